The van der Waals surface area contributed by atoms with E-state index >= 15 is 0 Å². The summed E-state index contributed by atoms with van der Waals surface area (Å²) in [5.74, 6) is -0.258. The summed E-state index contributed by atoms with van der Waals surface area (Å²) < 4.78 is 50.8. The van der Waals surface area contributed by atoms with E-state index in [1.807, 2.05) is 0 Å². The Balaban J connectivity index is 2.52. The lowest BCUT2D eigenvalue weighted by Crippen LogP contribution is -2.31. The molecule has 2 rings (SSSR count). The number of halogens is 1. The maximum absolute atomic E-state index is 13.9. The van der Waals surface area contributed by atoms with E-state index in [2.05, 4.69) is 6.58 Å². The highest BCUT2D eigenvalue weighted by atomic mass is 32.2. The van der Waals surface area contributed by atoms with Crippen LogP contribution in [0.4, 0.5) is 10.1 Å². The van der Waals surface area contributed by atoms with Crippen LogP contribution in [0.1, 0.15) is 0 Å². The number of nitrogens with zero attached hydrogens (tertiary/aromatic N) is 1. The Morgan fingerprint density at radius 3 is 2.50 bits per heavy atom. The van der Waals surface area contributed by atoms with Crippen molar-refractivity contribution >= 4 is 15.7 Å². The zero-order valence-electron chi connectivity index (χ0n) is 13.4. The molecule has 0 amide bonds. The number of benzene rings is 2. The summed E-state index contributed by atoms with van der Waals surface area (Å²) in [4.78, 5) is -0.175. The summed E-state index contributed by atoms with van der Waals surface area (Å²) in [5, 5.41) is 0. The van der Waals surface area contributed by atoms with Gasteiger partial charge in [0.2, 0.25) is 0 Å². The molecule has 2 aromatic carbocycles. The van der Waals surface area contributed by atoms with E-state index in [4.69, 9.17) is 9.47 Å². The Morgan fingerprint density at radius 2 is 1.92 bits per heavy atom. The molecular weight excluding hydrogens is 333 g/mol. The van der Waals surface area contributed by atoms with Gasteiger partial charge < -0.3 is 9.47 Å². The number of sulfonamides is 1. The third-order valence-corrected chi connectivity index (χ3v) is 5.14. The number of ether oxygens (including phenoxy) is 2. The molecule has 0 fully saturated rings. The van der Waals surface area contributed by atoms with E-state index < -0.39 is 15.8 Å². The fourth-order valence-corrected chi connectivity index (χ4v) is 3.60. The highest BCUT2D eigenvalue weighted by Crippen LogP contribution is 2.28. The van der Waals surface area contributed by atoms with Crippen LogP contribution >= 0.6 is 0 Å². The molecule has 0 aliphatic rings. The normalized spacial score (nSPS) is 11.0. The molecule has 0 saturated carbocycles. The van der Waals surface area contributed by atoms with Crippen molar-refractivity contribution in [1.29, 1.82) is 0 Å². The van der Waals surface area contributed by atoms with Crippen molar-refractivity contribution in [2.24, 2.45) is 0 Å². The van der Waals surface area contributed by atoms with Crippen LogP contribution < -0.4 is 13.8 Å². The Bertz CT molecular complexity index is 836. The predicted molar refractivity (Wildman–Crippen MR) is 90.7 cm³/mol. The molecule has 0 radical (unpaired) electrons. The first kappa shape index (κ1) is 17.8. The van der Waals surface area contributed by atoms with Crippen molar-refractivity contribution in [2.45, 2.75) is 4.90 Å². The van der Waals surface area contributed by atoms with Crippen LogP contribution in [0.5, 0.6) is 11.5 Å². The second-order valence-corrected chi connectivity index (χ2v) is 6.68. The van der Waals surface area contributed by atoms with E-state index in [0.29, 0.717) is 11.4 Å². The summed E-state index contributed by atoms with van der Waals surface area (Å²) in [6, 6.07) is 10.1. The van der Waals surface area contributed by atoms with E-state index in [0.717, 1.165) is 10.4 Å². The number of hydrogen-bond acceptors (Lipinski definition) is 4. The molecule has 0 unspecified atom stereocenters. The Hall–Kier alpha value is -2.54. The van der Waals surface area contributed by atoms with Crippen molar-refractivity contribution in [1.82, 2.24) is 0 Å². The lowest BCUT2D eigenvalue weighted by Gasteiger charge is -2.23. The lowest BCUT2D eigenvalue weighted by atomic mass is 10.3. The molecule has 0 heterocycles. The van der Waals surface area contributed by atoms with Crippen LogP contribution in [0.2, 0.25) is 0 Å². The molecule has 0 atom stereocenters. The van der Waals surface area contributed by atoms with E-state index in [-0.39, 0.29) is 17.2 Å². The average Bonchev–Trinajstić information content (AvgIpc) is 2.59. The lowest BCUT2D eigenvalue weighted by molar-refractivity contribution is 0.385. The first-order valence-electron chi connectivity index (χ1n) is 7.05. The molecule has 2 aromatic rings. The van der Waals surface area contributed by atoms with Gasteiger partial charge >= 0.3 is 0 Å². The van der Waals surface area contributed by atoms with Crippen molar-refractivity contribution in [3.05, 3.63) is 60.9 Å². The third kappa shape index (κ3) is 3.51. The van der Waals surface area contributed by atoms with Crippen LogP contribution in [0.3, 0.4) is 0 Å². The first-order valence-corrected chi connectivity index (χ1v) is 8.49. The summed E-state index contributed by atoms with van der Waals surface area (Å²) >= 11 is 0. The van der Waals surface area contributed by atoms with Gasteiger partial charge in [0.15, 0.2) is 11.6 Å². The van der Waals surface area contributed by atoms with Crippen molar-refractivity contribution in [3.8, 4) is 11.5 Å². The average molecular weight is 351 g/mol. The number of anilines is 1. The fraction of sp³-hybridized carbons (Fsp3) is 0.176. The predicted octanol–water partition coefficient (Wildman–Crippen LogP) is 3.22. The minimum atomic E-state index is -3.98. The third-order valence-electron chi connectivity index (χ3n) is 3.35. The van der Waals surface area contributed by atoms with Gasteiger partial charge in [0, 0.05) is 6.07 Å². The van der Waals surface area contributed by atoms with Gasteiger partial charge in [0.05, 0.1) is 31.3 Å². The second-order valence-electron chi connectivity index (χ2n) is 4.82. The van der Waals surface area contributed by atoms with E-state index in [1.165, 1.54) is 32.4 Å². The second kappa shape index (κ2) is 7.35. The maximum atomic E-state index is 13.9. The molecular formula is C17H18FNO4S. The molecule has 0 spiro atoms. The molecule has 0 aliphatic carbocycles. The van der Waals surface area contributed by atoms with Crippen molar-refractivity contribution in [2.75, 3.05) is 25.1 Å². The van der Waals surface area contributed by atoms with Gasteiger partial charge in [0.1, 0.15) is 5.75 Å². The molecule has 0 aliphatic heterocycles. The van der Waals surface area contributed by atoms with Crippen molar-refractivity contribution in [3.63, 3.8) is 0 Å². The summed E-state index contributed by atoms with van der Waals surface area (Å²) in [7, 11) is -1.18. The van der Waals surface area contributed by atoms with Gasteiger partial charge in [-0.05, 0) is 30.3 Å². The molecule has 0 saturated heterocycles. The van der Waals surface area contributed by atoms with Gasteiger partial charge in [-0.15, -0.1) is 6.58 Å². The van der Waals surface area contributed by atoms with E-state index in [9.17, 15) is 12.8 Å². The first-order chi connectivity index (χ1) is 11.4. The number of methoxy groups -OCH3 is 2. The molecule has 0 aromatic heterocycles. The summed E-state index contributed by atoms with van der Waals surface area (Å²) in [6.07, 6.45) is 1.46. The van der Waals surface area contributed by atoms with Gasteiger partial charge in [-0.3, -0.25) is 4.31 Å². The zero-order chi connectivity index (χ0) is 17.7. The Kier molecular flexibility index (Phi) is 5.46. The summed E-state index contributed by atoms with van der Waals surface area (Å²) in [5.41, 5.74) is 0.394. The SMILES string of the molecule is C=CCN(c1cccc(OC)c1)S(=O)(=O)c1ccc(OC)c(F)c1. The fourth-order valence-electron chi connectivity index (χ4n) is 2.16. The monoisotopic (exact) mass is 351 g/mol. The van der Waals surface area contributed by atoms with E-state index in [1.54, 1.807) is 24.3 Å². The molecule has 0 N–H and O–H groups in total. The topological polar surface area (TPSA) is 55.8 Å². The van der Waals surface area contributed by atoms with Gasteiger partial charge in [-0.1, -0.05) is 12.1 Å². The molecule has 0 bridgehead atoms. The number of hydrogen-bond donors (Lipinski definition) is 0. The molecule has 24 heavy (non-hydrogen) atoms. The quantitative estimate of drug-likeness (QED) is 0.719. The van der Waals surface area contributed by atoms with Crippen LogP contribution in [-0.4, -0.2) is 29.2 Å². The summed E-state index contributed by atoms with van der Waals surface area (Å²) in [6.45, 7) is 3.62. The highest BCUT2D eigenvalue weighted by molar-refractivity contribution is 7.92. The Morgan fingerprint density at radius 1 is 1.17 bits per heavy atom. The van der Waals surface area contributed by atoms with Gasteiger partial charge in [0.25, 0.3) is 10.0 Å². The largest absolute Gasteiger partial charge is 0.497 e. The highest BCUT2D eigenvalue weighted by Gasteiger charge is 2.25. The van der Waals surface area contributed by atoms with Crippen LogP contribution in [0.25, 0.3) is 0 Å². The van der Waals surface area contributed by atoms with Gasteiger partial charge in [-0.25, -0.2) is 12.8 Å². The molecule has 7 heteroatoms. The minimum absolute atomic E-state index is 0.0226. The standard InChI is InChI=1S/C17H18FNO4S/c1-4-10-19(13-6-5-7-14(11-13)22-2)24(20,21)15-8-9-17(23-3)16(18)12-15/h4-9,11-12H,1,10H2,2-3H3. The van der Waals surface area contributed by atoms with Crippen LogP contribution in [0, 0.1) is 5.82 Å². The van der Waals surface area contributed by atoms with Crippen LogP contribution in [0.15, 0.2) is 60.0 Å². The molecule has 128 valence electrons. The number of rotatable bonds is 7. The molecule has 5 nitrogen and oxygen atoms in total. The van der Waals surface area contributed by atoms with Gasteiger partial charge in [-0.2, -0.15) is 0 Å². The minimum Gasteiger partial charge on any atom is -0.497 e. The Labute approximate surface area is 141 Å². The maximum Gasteiger partial charge on any atom is 0.264 e. The van der Waals surface area contributed by atoms with Crippen LogP contribution in [-0.2, 0) is 10.0 Å². The smallest absolute Gasteiger partial charge is 0.264 e. The zero-order valence-corrected chi connectivity index (χ0v) is 14.2. The van der Waals surface area contributed by atoms with Crippen molar-refractivity contribution < 1.29 is 22.3 Å².